The maximum Gasteiger partial charge on any atom is 0.331 e. The fraction of sp³-hybridized carbons (Fsp3) is 0.500. The van der Waals surface area contributed by atoms with Crippen LogP contribution in [0.3, 0.4) is 0 Å². The molecule has 0 unspecified atom stereocenters. The third-order valence-electron chi connectivity index (χ3n) is 2.57. The highest BCUT2D eigenvalue weighted by atomic mass is 16.5. The molecule has 0 radical (unpaired) electrons. The van der Waals surface area contributed by atoms with Gasteiger partial charge in [0.1, 0.15) is 0 Å². The second-order valence-electron chi connectivity index (χ2n) is 3.75. The Morgan fingerprint density at radius 3 is 3.19 bits per heavy atom. The highest BCUT2D eigenvalue weighted by Crippen LogP contribution is 2.27. The van der Waals surface area contributed by atoms with Crippen LogP contribution in [0.4, 0.5) is 0 Å². The maximum atomic E-state index is 11.4. The molecule has 0 bridgehead atoms. The average molecular weight is 218 g/mol. The molecule has 0 heterocycles. The predicted molar refractivity (Wildman–Crippen MR) is 64.7 cm³/mol. The van der Waals surface area contributed by atoms with Gasteiger partial charge in [0.15, 0.2) is 0 Å². The molecule has 1 aliphatic carbocycles. The molecule has 1 rings (SSSR count). The molecule has 2 heteroatoms. The van der Waals surface area contributed by atoms with Crippen molar-refractivity contribution in [2.24, 2.45) is 0 Å². The van der Waals surface area contributed by atoms with E-state index in [9.17, 15) is 4.79 Å². The smallest absolute Gasteiger partial charge is 0.331 e. The summed E-state index contributed by atoms with van der Waals surface area (Å²) < 4.78 is 4.91. The minimum atomic E-state index is -0.244. The second-order valence-corrected chi connectivity index (χ2v) is 3.75. The minimum Gasteiger partial charge on any atom is -0.463 e. The van der Waals surface area contributed by atoms with Gasteiger partial charge in [-0.1, -0.05) is 6.08 Å². The molecule has 0 saturated heterocycles. The first kappa shape index (κ1) is 12.6. The van der Waals surface area contributed by atoms with Crippen molar-refractivity contribution in [1.29, 1.82) is 0 Å². The zero-order valence-corrected chi connectivity index (χ0v) is 9.79. The lowest BCUT2D eigenvalue weighted by Crippen LogP contribution is -2.04. The maximum absolute atomic E-state index is 11.4. The van der Waals surface area contributed by atoms with E-state index in [1.54, 1.807) is 6.08 Å². The summed E-state index contributed by atoms with van der Waals surface area (Å²) >= 11 is 0. The summed E-state index contributed by atoms with van der Waals surface area (Å²) in [6.45, 7) is 2.23. The van der Waals surface area contributed by atoms with Gasteiger partial charge in [0.25, 0.3) is 0 Å². The lowest BCUT2D eigenvalue weighted by atomic mass is 9.90. The molecule has 0 aliphatic heterocycles. The van der Waals surface area contributed by atoms with E-state index in [0.29, 0.717) is 6.61 Å². The molecule has 0 aromatic heterocycles. The van der Waals surface area contributed by atoms with Crippen molar-refractivity contribution < 1.29 is 9.53 Å². The van der Waals surface area contributed by atoms with E-state index in [-0.39, 0.29) is 5.97 Å². The van der Waals surface area contributed by atoms with Crippen LogP contribution in [0.15, 0.2) is 23.3 Å². The Kier molecular flexibility index (Phi) is 5.42. The van der Waals surface area contributed by atoms with Gasteiger partial charge in [0.05, 0.1) is 6.61 Å². The standard InChI is InChI=1S/C14H18O2/c1-3-5-8-12-9-6-7-10-13(12)11-14(15)16-4-2/h1,9,11H,4-8,10H2,2H3. The number of allylic oxidation sites excluding steroid dienone is 3. The van der Waals surface area contributed by atoms with Crippen LogP contribution in [-0.2, 0) is 9.53 Å². The molecule has 0 amide bonds. The van der Waals surface area contributed by atoms with Crippen molar-refractivity contribution in [3.05, 3.63) is 23.3 Å². The Bertz CT molecular complexity index is 342. The Morgan fingerprint density at radius 1 is 1.69 bits per heavy atom. The van der Waals surface area contributed by atoms with Crippen molar-refractivity contribution in [3.8, 4) is 12.3 Å². The molecule has 1 aliphatic rings. The quantitative estimate of drug-likeness (QED) is 0.412. The fourth-order valence-corrected chi connectivity index (χ4v) is 1.82. The SMILES string of the molecule is C#CCCC1=CCCCC1=CC(=O)OCC. The fourth-order valence-electron chi connectivity index (χ4n) is 1.82. The summed E-state index contributed by atoms with van der Waals surface area (Å²) in [5, 5.41) is 0. The summed E-state index contributed by atoms with van der Waals surface area (Å²) in [4.78, 5) is 11.4. The molecule has 0 atom stereocenters. The number of carbonyl (C=O) groups excluding carboxylic acids is 1. The molecule has 2 nitrogen and oxygen atoms in total. The van der Waals surface area contributed by atoms with Crippen LogP contribution in [0.5, 0.6) is 0 Å². The summed E-state index contributed by atoms with van der Waals surface area (Å²) in [6, 6.07) is 0. The topological polar surface area (TPSA) is 26.3 Å². The number of terminal acetylenes is 1. The molecule has 16 heavy (non-hydrogen) atoms. The van der Waals surface area contributed by atoms with E-state index in [1.165, 1.54) is 5.57 Å². The van der Waals surface area contributed by atoms with Gasteiger partial charge in [-0.3, -0.25) is 0 Å². The Balaban J connectivity index is 2.69. The van der Waals surface area contributed by atoms with Crippen LogP contribution >= 0.6 is 0 Å². The molecule has 0 saturated carbocycles. The molecule has 0 fully saturated rings. The minimum absolute atomic E-state index is 0.244. The van der Waals surface area contributed by atoms with Crippen LogP contribution in [0.2, 0.25) is 0 Å². The molecular weight excluding hydrogens is 200 g/mol. The third-order valence-corrected chi connectivity index (χ3v) is 2.57. The van der Waals surface area contributed by atoms with Crippen molar-refractivity contribution in [1.82, 2.24) is 0 Å². The van der Waals surface area contributed by atoms with Crippen molar-refractivity contribution in [2.45, 2.75) is 39.0 Å². The Morgan fingerprint density at radius 2 is 2.50 bits per heavy atom. The average Bonchev–Trinajstić information content (AvgIpc) is 2.28. The molecule has 0 spiro atoms. The van der Waals surface area contributed by atoms with Gasteiger partial charge in [-0.2, -0.15) is 0 Å². The van der Waals surface area contributed by atoms with Crippen LogP contribution in [0.1, 0.15) is 39.0 Å². The van der Waals surface area contributed by atoms with Gasteiger partial charge >= 0.3 is 5.97 Å². The van der Waals surface area contributed by atoms with E-state index >= 15 is 0 Å². The van der Waals surface area contributed by atoms with Crippen molar-refractivity contribution in [3.63, 3.8) is 0 Å². The van der Waals surface area contributed by atoms with Crippen LogP contribution in [0.25, 0.3) is 0 Å². The lowest BCUT2D eigenvalue weighted by molar-refractivity contribution is -0.137. The monoisotopic (exact) mass is 218 g/mol. The Labute approximate surface area is 97.4 Å². The van der Waals surface area contributed by atoms with E-state index in [2.05, 4.69) is 12.0 Å². The van der Waals surface area contributed by atoms with E-state index in [1.807, 2.05) is 6.92 Å². The van der Waals surface area contributed by atoms with Gasteiger partial charge in [-0.15, -0.1) is 12.3 Å². The number of ether oxygens (including phenoxy) is 1. The number of rotatable bonds is 4. The highest BCUT2D eigenvalue weighted by molar-refractivity contribution is 5.83. The zero-order valence-electron chi connectivity index (χ0n) is 9.79. The van der Waals surface area contributed by atoms with Crippen LogP contribution in [0, 0.1) is 12.3 Å². The highest BCUT2D eigenvalue weighted by Gasteiger charge is 2.11. The molecule has 0 aromatic rings. The van der Waals surface area contributed by atoms with Gasteiger partial charge < -0.3 is 4.74 Å². The van der Waals surface area contributed by atoms with Gasteiger partial charge in [0, 0.05) is 12.5 Å². The zero-order chi connectivity index (χ0) is 11.8. The predicted octanol–water partition coefficient (Wildman–Crippen LogP) is 3.00. The molecule has 0 N–H and O–H groups in total. The molecule has 0 aromatic carbocycles. The number of carbonyl (C=O) groups is 1. The summed E-state index contributed by atoms with van der Waals surface area (Å²) in [6.07, 6.45) is 13.8. The van der Waals surface area contributed by atoms with Crippen LogP contribution < -0.4 is 0 Å². The third kappa shape index (κ3) is 3.94. The molecular formula is C14H18O2. The number of hydrogen-bond donors (Lipinski definition) is 0. The number of esters is 1. The largest absolute Gasteiger partial charge is 0.463 e. The first-order chi connectivity index (χ1) is 7.77. The van der Waals surface area contributed by atoms with E-state index < -0.39 is 0 Å². The van der Waals surface area contributed by atoms with Gasteiger partial charge in [-0.05, 0) is 43.8 Å². The normalized spacial score (nSPS) is 17.8. The molecule has 86 valence electrons. The summed E-state index contributed by atoms with van der Waals surface area (Å²) in [5.74, 6) is 2.39. The second kappa shape index (κ2) is 6.90. The first-order valence-electron chi connectivity index (χ1n) is 5.78. The van der Waals surface area contributed by atoms with E-state index in [4.69, 9.17) is 11.2 Å². The summed E-state index contributed by atoms with van der Waals surface area (Å²) in [5.41, 5.74) is 2.32. The van der Waals surface area contributed by atoms with Crippen molar-refractivity contribution >= 4 is 5.97 Å². The Hall–Kier alpha value is -1.49. The van der Waals surface area contributed by atoms with Crippen molar-refractivity contribution in [2.75, 3.05) is 6.61 Å². The summed E-state index contributed by atoms with van der Waals surface area (Å²) in [7, 11) is 0. The first-order valence-corrected chi connectivity index (χ1v) is 5.78. The lowest BCUT2D eigenvalue weighted by Gasteiger charge is -2.16. The van der Waals surface area contributed by atoms with Gasteiger partial charge in [0.2, 0.25) is 0 Å². The van der Waals surface area contributed by atoms with Crippen LogP contribution in [-0.4, -0.2) is 12.6 Å². The van der Waals surface area contributed by atoms with Gasteiger partial charge in [-0.25, -0.2) is 4.79 Å². The number of hydrogen-bond acceptors (Lipinski definition) is 2. The van der Waals surface area contributed by atoms with E-state index in [0.717, 1.165) is 37.7 Å².